The summed E-state index contributed by atoms with van der Waals surface area (Å²) < 4.78 is 2.00. The molecule has 3 aromatic carbocycles. The average Bonchev–Trinajstić information content (AvgIpc) is 3.16. The van der Waals surface area contributed by atoms with Crippen molar-refractivity contribution in [1.82, 2.24) is 9.99 Å². The largest absolute Gasteiger partial charge is 0.508 e. The number of nitrogens with zero attached hydrogens (tertiary/aromatic N) is 2. The second kappa shape index (κ2) is 7.17. The van der Waals surface area contributed by atoms with Crippen LogP contribution in [0.15, 0.2) is 90.2 Å². The van der Waals surface area contributed by atoms with Crippen LogP contribution in [0.25, 0.3) is 16.5 Å². The van der Waals surface area contributed by atoms with Crippen LogP contribution < -0.4 is 5.43 Å². The van der Waals surface area contributed by atoms with Gasteiger partial charge in [0, 0.05) is 17.4 Å². The summed E-state index contributed by atoms with van der Waals surface area (Å²) in [5, 5.41) is 15.7. The van der Waals surface area contributed by atoms with Gasteiger partial charge in [0.1, 0.15) is 5.75 Å². The zero-order valence-electron chi connectivity index (χ0n) is 14.4. The van der Waals surface area contributed by atoms with Crippen LogP contribution in [-0.4, -0.2) is 21.8 Å². The number of hydrazone groups is 1. The molecule has 5 heteroatoms. The van der Waals surface area contributed by atoms with E-state index in [2.05, 4.69) is 40.9 Å². The number of hydrogen-bond acceptors (Lipinski definition) is 3. The van der Waals surface area contributed by atoms with Gasteiger partial charge in [-0.25, -0.2) is 5.43 Å². The monoisotopic (exact) mass is 355 g/mol. The average molecular weight is 355 g/mol. The minimum Gasteiger partial charge on any atom is -0.508 e. The van der Waals surface area contributed by atoms with Crippen LogP contribution in [0.5, 0.6) is 5.75 Å². The van der Waals surface area contributed by atoms with Crippen LogP contribution in [0, 0.1) is 0 Å². The molecule has 0 aliphatic rings. The van der Waals surface area contributed by atoms with Gasteiger partial charge in [0.05, 0.1) is 11.9 Å². The molecule has 0 unspecified atom stereocenters. The third-order valence-corrected chi connectivity index (χ3v) is 4.28. The summed E-state index contributed by atoms with van der Waals surface area (Å²) in [5.74, 6) is -0.224. The molecule has 0 bridgehead atoms. The standard InChI is InChI=1S/C22H17N3O2/c26-21-11-8-17(9-12-21)22(27)24-23-15-20-6-3-13-25(20)19-10-7-16-4-1-2-5-18(16)14-19/h1-15,26H,(H,24,27)/b23-15+. The van der Waals surface area contributed by atoms with Gasteiger partial charge in [0.15, 0.2) is 0 Å². The third-order valence-electron chi connectivity index (χ3n) is 4.28. The van der Waals surface area contributed by atoms with Gasteiger partial charge in [-0.05, 0) is 59.3 Å². The number of aromatic nitrogens is 1. The van der Waals surface area contributed by atoms with Crippen molar-refractivity contribution in [2.45, 2.75) is 0 Å². The summed E-state index contributed by atoms with van der Waals surface area (Å²) in [5.41, 5.74) is 4.79. The van der Waals surface area contributed by atoms with E-state index in [9.17, 15) is 9.90 Å². The van der Waals surface area contributed by atoms with Crippen molar-refractivity contribution in [1.29, 1.82) is 0 Å². The summed E-state index contributed by atoms with van der Waals surface area (Å²) in [6.07, 6.45) is 3.56. The Morgan fingerprint density at radius 1 is 0.926 bits per heavy atom. The summed E-state index contributed by atoms with van der Waals surface area (Å²) in [7, 11) is 0. The highest BCUT2D eigenvalue weighted by molar-refractivity contribution is 5.95. The van der Waals surface area contributed by atoms with Crippen LogP contribution in [0.4, 0.5) is 0 Å². The maximum absolute atomic E-state index is 12.1. The fourth-order valence-electron chi connectivity index (χ4n) is 2.90. The smallest absolute Gasteiger partial charge is 0.271 e. The van der Waals surface area contributed by atoms with Gasteiger partial charge in [0.2, 0.25) is 0 Å². The van der Waals surface area contributed by atoms with Crippen molar-refractivity contribution < 1.29 is 9.90 Å². The van der Waals surface area contributed by atoms with E-state index in [1.807, 2.05) is 35.0 Å². The number of benzene rings is 3. The molecule has 0 saturated carbocycles. The van der Waals surface area contributed by atoms with Gasteiger partial charge in [-0.2, -0.15) is 5.10 Å². The molecule has 4 aromatic rings. The van der Waals surface area contributed by atoms with Gasteiger partial charge in [0.25, 0.3) is 5.91 Å². The maximum Gasteiger partial charge on any atom is 0.271 e. The first-order chi connectivity index (χ1) is 13.2. The summed E-state index contributed by atoms with van der Waals surface area (Å²) >= 11 is 0. The van der Waals surface area contributed by atoms with Gasteiger partial charge in [-0.15, -0.1) is 0 Å². The molecule has 27 heavy (non-hydrogen) atoms. The molecule has 0 spiro atoms. The van der Waals surface area contributed by atoms with E-state index in [0.29, 0.717) is 5.56 Å². The molecule has 0 radical (unpaired) electrons. The Bertz CT molecular complexity index is 1130. The Morgan fingerprint density at radius 2 is 1.70 bits per heavy atom. The van der Waals surface area contributed by atoms with Crippen molar-refractivity contribution in [2.75, 3.05) is 0 Å². The van der Waals surface area contributed by atoms with E-state index in [4.69, 9.17) is 0 Å². The van der Waals surface area contributed by atoms with Crippen LogP contribution in [0.2, 0.25) is 0 Å². The topological polar surface area (TPSA) is 66.6 Å². The molecular formula is C22H17N3O2. The van der Waals surface area contributed by atoms with Crippen LogP contribution in [-0.2, 0) is 0 Å². The summed E-state index contributed by atoms with van der Waals surface area (Å²) in [6.45, 7) is 0. The molecule has 0 aliphatic carbocycles. The highest BCUT2D eigenvalue weighted by Gasteiger charge is 2.05. The minimum absolute atomic E-state index is 0.114. The SMILES string of the molecule is O=C(N/N=C/c1cccn1-c1ccc2ccccc2c1)c1ccc(O)cc1. The second-order valence-electron chi connectivity index (χ2n) is 6.08. The lowest BCUT2D eigenvalue weighted by Crippen LogP contribution is -2.17. The summed E-state index contributed by atoms with van der Waals surface area (Å²) in [6, 6.07) is 24.3. The number of fused-ring (bicyclic) bond motifs is 1. The first-order valence-corrected chi connectivity index (χ1v) is 8.50. The predicted octanol–water partition coefficient (Wildman–Crippen LogP) is 4.10. The van der Waals surface area contributed by atoms with Crippen LogP contribution in [0.1, 0.15) is 16.1 Å². The van der Waals surface area contributed by atoms with Gasteiger partial charge < -0.3 is 9.67 Å². The van der Waals surface area contributed by atoms with Crippen molar-refractivity contribution in [3.8, 4) is 11.4 Å². The maximum atomic E-state index is 12.1. The highest BCUT2D eigenvalue weighted by Crippen LogP contribution is 2.19. The second-order valence-corrected chi connectivity index (χ2v) is 6.08. The molecule has 0 fully saturated rings. The Labute approximate surface area is 156 Å². The molecule has 0 atom stereocenters. The Hall–Kier alpha value is -3.86. The zero-order valence-corrected chi connectivity index (χ0v) is 14.4. The molecule has 0 saturated heterocycles. The molecule has 5 nitrogen and oxygen atoms in total. The predicted molar refractivity (Wildman–Crippen MR) is 106 cm³/mol. The first kappa shape index (κ1) is 16.6. The molecule has 132 valence electrons. The van der Waals surface area contributed by atoms with Crippen molar-refractivity contribution in [3.63, 3.8) is 0 Å². The number of nitrogens with one attached hydrogen (secondary N) is 1. The Kier molecular flexibility index (Phi) is 4.41. The zero-order chi connectivity index (χ0) is 18.6. The number of amides is 1. The molecule has 1 aromatic heterocycles. The van der Waals surface area contributed by atoms with Crippen LogP contribution in [0.3, 0.4) is 0 Å². The normalized spacial score (nSPS) is 11.1. The number of carbonyl (C=O) groups excluding carboxylic acids is 1. The number of phenols is 1. The number of aromatic hydroxyl groups is 1. The van der Waals surface area contributed by atoms with Crippen LogP contribution >= 0.6 is 0 Å². The summed E-state index contributed by atoms with van der Waals surface area (Å²) in [4.78, 5) is 12.1. The Balaban J connectivity index is 1.53. The highest BCUT2D eigenvalue weighted by atomic mass is 16.3. The van der Waals surface area contributed by atoms with E-state index in [1.54, 1.807) is 6.21 Å². The fourth-order valence-corrected chi connectivity index (χ4v) is 2.90. The van der Waals surface area contributed by atoms with Crippen molar-refractivity contribution in [3.05, 3.63) is 96.3 Å². The van der Waals surface area contributed by atoms with E-state index >= 15 is 0 Å². The van der Waals surface area contributed by atoms with E-state index in [1.165, 1.54) is 29.7 Å². The lowest BCUT2D eigenvalue weighted by atomic mass is 10.1. The number of carbonyl (C=O) groups is 1. The van der Waals surface area contributed by atoms with Gasteiger partial charge in [-0.3, -0.25) is 4.79 Å². The quantitative estimate of drug-likeness (QED) is 0.427. The molecular weight excluding hydrogens is 338 g/mol. The molecule has 4 rings (SSSR count). The van der Waals surface area contributed by atoms with E-state index < -0.39 is 0 Å². The molecule has 1 amide bonds. The fraction of sp³-hybridized carbons (Fsp3) is 0. The van der Waals surface area contributed by atoms with Crippen molar-refractivity contribution in [2.24, 2.45) is 5.10 Å². The number of hydrogen-bond donors (Lipinski definition) is 2. The lowest BCUT2D eigenvalue weighted by molar-refractivity contribution is 0.0955. The molecule has 1 heterocycles. The first-order valence-electron chi connectivity index (χ1n) is 8.50. The molecule has 2 N–H and O–H groups in total. The van der Waals surface area contributed by atoms with Gasteiger partial charge >= 0.3 is 0 Å². The third kappa shape index (κ3) is 3.57. The molecule has 0 aliphatic heterocycles. The van der Waals surface area contributed by atoms with Gasteiger partial charge in [-0.1, -0.05) is 30.3 Å². The number of rotatable bonds is 4. The van der Waals surface area contributed by atoms with Crippen molar-refractivity contribution >= 4 is 22.9 Å². The van der Waals surface area contributed by atoms with E-state index in [0.717, 1.165) is 16.8 Å². The minimum atomic E-state index is -0.338. The van der Waals surface area contributed by atoms with E-state index in [-0.39, 0.29) is 11.7 Å². The Morgan fingerprint density at radius 3 is 2.52 bits per heavy atom. The lowest BCUT2D eigenvalue weighted by Gasteiger charge is -2.08. The number of phenolic OH excluding ortho intramolecular Hbond substituents is 1.